The van der Waals surface area contributed by atoms with Gasteiger partial charge in [-0.3, -0.25) is 4.79 Å². The van der Waals surface area contributed by atoms with Crippen molar-refractivity contribution in [2.24, 2.45) is 0 Å². The van der Waals surface area contributed by atoms with E-state index in [9.17, 15) is 4.79 Å². The third kappa shape index (κ3) is 2.42. The standard InChI is InChI=1S/C15H16N4O/c16-12-7-3-4-8-14(12)19-10-9-13(18-19)15(20)17-11-5-1-2-6-11/h1-4,7-11H,5-6,16H2,(H,17,20). The fourth-order valence-corrected chi connectivity index (χ4v) is 2.27. The van der Waals surface area contributed by atoms with Crippen LogP contribution in [0.5, 0.6) is 0 Å². The molecule has 0 spiro atoms. The molecule has 1 aromatic heterocycles. The molecule has 2 aromatic rings. The van der Waals surface area contributed by atoms with Gasteiger partial charge < -0.3 is 11.1 Å². The first-order valence-corrected chi connectivity index (χ1v) is 6.60. The van der Waals surface area contributed by atoms with E-state index in [-0.39, 0.29) is 11.9 Å². The van der Waals surface area contributed by atoms with Crippen LogP contribution in [0, 0.1) is 0 Å². The van der Waals surface area contributed by atoms with Crippen molar-refractivity contribution < 1.29 is 4.79 Å². The highest BCUT2D eigenvalue weighted by Gasteiger charge is 2.16. The van der Waals surface area contributed by atoms with Crippen molar-refractivity contribution in [2.45, 2.75) is 18.9 Å². The molecule has 1 aliphatic carbocycles. The van der Waals surface area contributed by atoms with E-state index in [0.29, 0.717) is 11.4 Å². The van der Waals surface area contributed by atoms with Crippen LogP contribution in [-0.4, -0.2) is 21.7 Å². The smallest absolute Gasteiger partial charge is 0.272 e. The highest BCUT2D eigenvalue weighted by atomic mass is 16.2. The Labute approximate surface area is 117 Å². The van der Waals surface area contributed by atoms with Gasteiger partial charge in [-0.25, -0.2) is 4.68 Å². The molecule has 1 heterocycles. The number of nitrogens with one attached hydrogen (secondary N) is 1. The molecule has 0 saturated carbocycles. The van der Waals surface area contributed by atoms with E-state index in [1.54, 1.807) is 23.0 Å². The Hall–Kier alpha value is -2.56. The van der Waals surface area contributed by atoms with Gasteiger partial charge in [-0.1, -0.05) is 24.3 Å². The minimum Gasteiger partial charge on any atom is -0.397 e. The van der Waals surface area contributed by atoms with Crippen molar-refractivity contribution in [2.75, 3.05) is 5.73 Å². The predicted molar refractivity (Wildman–Crippen MR) is 77.6 cm³/mol. The highest BCUT2D eigenvalue weighted by molar-refractivity contribution is 5.92. The number of carbonyl (C=O) groups is 1. The van der Waals surface area contributed by atoms with Crippen LogP contribution >= 0.6 is 0 Å². The number of para-hydroxylation sites is 2. The van der Waals surface area contributed by atoms with Crippen molar-refractivity contribution >= 4 is 11.6 Å². The zero-order valence-corrected chi connectivity index (χ0v) is 11.0. The number of amides is 1. The van der Waals surface area contributed by atoms with Gasteiger partial charge in [-0.2, -0.15) is 5.10 Å². The Morgan fingerprint density at radius 1 is 1.25 bits per heavy atom. The third-order valence-corrected chi connectivity index (χ3v) is 3.35. The Morgan fingerprint density at radius 3 is 2.75 bits per heavy atom. The largest absolute Gasteiger partial charge is 0.397 e. The van der Waals surface area contributed by atoms with E-state index in [0.717, 1.165) is 18.5 Å². The van der Waals surface area contributed by atoms with Crippen molar-refractivity contribution in [1.82, 2.24) is 15.1 Å². The van der Waals surface area contributed by atoms with E-state index < -0.39 is 0 Å². The lowest BCUT2D eigenvalue weighted by Crippen LogP contribution is -2.33. The van der Waals surface area contributed by atoms with Crippen LogP contribution < -0.4 is 11.1 Å². The molecule has 5 nitrogen and oxygen atoms in total. The van der Waals surface area contributed by atoms with Crippen molar-refractivity contribution in [3.05, 3.63) is 54.4 Å². The number of nitrogens with zero attached hydrogens (tertiary/aromatic N) is 2. The molecule has 1 amide bonds. The first kappa shape index (κ1) is 12.5. The van der Waals surface area contributed by atoms with E-state index in [2.05, 4.69) is 22.6 Å². The molecule has 0 atom stereocenters. The van der Waals surface area contributed by atoms with E-state index in [1.165, 1.54) is 0 Å². The minimum atomic E-state index is -0.146. The van der Waals surface area contributed by atoms with E-state index in [4.69, 9.17) is 5.73 Å². The maximum absolute atomic E-state index is 12.1. The highest BCUT2D eigenvalue weighted by Crippen LogP contribution is 2.16. The SMILES string of the molecule is Nc1ccccc1-n1ccc(C(=O)NC2CC=CC2)n1. The van der Waals surface area contributed by atoms with Gasteiger partial charge in [0.05, 0.1) is 11.4 Å². The molecule has 0 fully saturated rings. The summed E-state index contributed by atoms with van der Waals surface area (Å²) in [6.45, 7) is 0. The molecule has 1 aromatic carbocycles. The number of hydrogen-bond donors (Lipinski definition) is 2. The summed E-state index contributed by atoms with van der Waals surface area (Å²) in [6.07, 6.45) is 7.67. The first-order valence-electron chi connectivity index (χ1n) is 6.60. The minimum absolute atomic E-state index is 0.146. The average Bonchev–Trinajstić information content (AvgIpc) is 3.10. The van der Waals surface area contributed by atoms with Crippen LogP contribution in [0.15, 0.2) is 48.7 Å². The van der Waals surface area contributed by atoms with Crippen LogP contribution in [-0.2, 0) is 0 Å². The summed E-state index contributed by atoms with van der Waals surface area (Å²) in [5, 5.41) is 7.25. The zero-order valence-electron chi connectivity index (χ0n) is 11.0. The molecule has 3 rings (SSSR count). The number of aromatic nitrogens is 2. The summed E-state index contributed by atoms with van der Waals surface area (Å²) < 4.78 is 1.62. The summed E-state index contributed by atoms with van der Waals surface area (Å²) in [7, 11) is 0. The van der Waals surface area contributed by atoms with Gasteiger partial charge >= 0.3 is 0 Å². The Balaban J connectivity index is 1.76. The zero-order chi connectivity index (χ0) is 13.9. The topological polar surface area (TPSA) is 72.9 Å². The molecular formula is C15H16N4O. The molecular weight excluding hydrogens is 252 g/mol. The second-order valence-electron chi connectivity index (χ2n) is 4.82. The molecule has 3 N–H and O–H groups in total. The normalized spacial score (nSPS) is 14.6. The van der Waals surface area contributed by atoms with Gasteiger partial charge in [-0.15, -0.1) is 0 Å². The number of rotatable bonds is 3. The monoisotopic (exact) mass is 268 g/mol. The Morgan fingerprint density at radius 2 is 2.00 bits per heavy atom. The molecule has 0 bridgehead atoms. The first-order chi connectivity index (χ1) is 9.74. The van der Waals surface area contributed by atoms with E-state index >= 15 is 0 Å². The number of nitrogen functional groups attached to an aromatic ring is 1. The summed E-state index contributed by atoms with van der Waals surface area (Å²) in [5.74, 6) is -0.146. The Kier molecular flexibility index (Phi) is 3.25. The molecule has 0 aliphatic heterocycles. The van der Waals surface area contributed by atoms with Gasteiger partial charge in [0, 0.05) is 12.2 Å². The van der Waals surface area contributed by atoms with Crippen molar-refractivity contribution in [1.29, 1.82) is 0 Å². The van der Waals surface area contributed by atoms with Crippen LogP contribution in [0.25, 0.3) is 5.69 Å². The van der Waals surface area contributed by atoms with Crippen LogP contribution in [0.3, 0.4) is 0 Å². The fraction of sp³-hybridized carbons (Fsp3) is 0.200. The molecule has 20 heavy (non-hydrogen) atoms. The number of hydrogen-bond acceptors (Lipinski definition) is 3. The van der Waals surface area contributed by atoms with Gasteiger partial charge in [0.2, 0.25) is 0 Å². The maximum atomic E-state index is 12.1. The fourth-order valence-electron chi connectivity index (χ4n) is 2.27. The van der Waals surface area contributed by atoms with Crippen LogP contribution in [0.1, 0.15) is 23.3 Å². The van der Waals surface area contributed by atoms with E-state index in [1.807, 2.05) is 18.2 Å². The summed E-state index contributed by atoms with van der Waals surface area (Å²) in [4.78, 5) is 12.1. The summed E-state index contributed by atoms with van der Waals surface area (Å²) >= 11 is 0. The molecule has 5 heteroatoms. The van der Waals surface area contributed by atoms with Crippen molar-refractivity contribution in [3.8, 4) is 5.69 Å². The quantitative estimate of drug-likeness (QED) is 0.659. The molecule has 0 unspecified atom stereocenters. The Bertz CT molecular complexity index is 651. The lowest BCUT2D eigenvalue weighted by atomic mass is 10.2. The summed E-state index contributed by atoms with van der Waals surface area (Å²) in [5.41, 5.74) is 7.70. The second-order valence-corrected chi connectivity index (χ2v) is 4.82. The van der Waals surface area contributed by atoms with Crippen LogP contribution in [0.4, 0.5) is 5.69 Å². The average molecular weight is 268 g/mol. The molecule has 0 radical (unpaired) electrons. The molecule has 0 saturated heterocycles. The molecule has 1 aliphatic rings. The number of carbonyl (C=O) groups excluding carboxylic acids is 1. The number of nitrogens with two attached hydrogens (primary N) is 1. The molecule has 102 valence electrons. The predicted octanol–water partition coefficient (Wildman–Crippen LogP) is 1.90. The third-order valence-electron chi connectivity index (χ3n) is 3.35. The second kappa shape index (κ2) is 5.21. The van der Waals surface area contributed by atoms with Crippen molar-refractivity contribution in [3.63, 3.8) is 0 Å². The lowest BCUT2D eigenvalue weighted by molar-refractivity contribution is 0.0933. The van der Waals surface area contributed by atoms with Gasteiger partial charge in [0.25, 0.3) is 5.91 Å². The van der Waals surface area contributed by atoms with Gasteiger partial charge in [-0.05, 0) is 31.0 Å². The van der Waals surface area contributed by atoms with Gasteiger partial charge in [0.1, 0.15) is 0 Å². The van der Waals surface area contributed by atoms with Gasteiger partial charge in [0.15, 0.2) is 5.69 Å². The van der Waals surface area contributed by atoms with Crippen LogP contribution in [0.2, 0.25) is 0 Å². The number of benzene rings is 1. The maximum Gasteiger partial charge on any atom is 0.272 e. The summed E-state index contributed by atoms with van der Waals surface area (Å²) in [6, 6.07) is 9.31. The number of anilines is 1. The lowest BCUT2D eigenvalue weighted by Gasteiger charge is -2.10.